The summed E-state index contributed by atoms with van der Waals surface area (Å²) in [7, 11) is 0. The van der Waals surface area contributed by atoms with Crippen LogP contribution in [0.3, 0.4) is 0 Å². The van der Waals surface area contributed by atoms with Crippen LogP contribution in [0.15, 0.2) is 6.07 Å². The van der Waals surface area contributed by atoms with Gasteiger partial charge in [0.25, 0.3) is 0 Å². The number of alkyl halides is 1. The summed E-state index contributed by atoms with van der Waals surface area (Å²) in [6.07, 6.45) is 2.10. The highest BCUT2D eigenvalue weighted by Gasteiger charge is 2.33. The van der Waals surface area contributed by atoms with Crippen molar-refractivity contribution in [3.63, 3.8) is 0 Å². The van der Waals surface area contributed by atoms with Crippen molar-refractivity contribution in [3.8, 4) is 0 Å². The van der Waals surface area contributed by atoms with Crippen molar-refractivity contribution in [1.82, 2.24) is 0 Å². The second kappa shape index (κ2) is 4.73. The zero-order valence-electron chi connectivity index (χ0n) is 12.6. The van der Waals surface area contributed by atoms with Gasteiger partial charge >= 0.3 is 0 Å². The number of hydrogen-bond donors (Lipinski definition) is 0. The summed E-state index contributed by atoms with van der Waals surface area (Å²) in [4.78, 5) is 11.9. The lowest BCUT2D eigenvalue weighted by atomic mass is 9.81. The van der Waals surface area contributed by atoms with Crippen LogP contribution in [0.25, 0.3) is 0 Å². The van der Waals surface area contributed by atoms with E-state index >= 15 is 0 Å². The van der Waals surface area contributed by atoms with Gasteiger partial charge in [0.1, 0.15) is 0 Å². The summed E-state index contributed by atoms with van der Waals surface area (Å²) >= 11 is 0. The van der Waals surface area contributed by atoms with Crippen LogP contribution in [0.4, 0.5) is 4.39 Å². The maximum atomic E-state index is 12.9. The number of Topliss-reactive ketones (excluding diaryl/α,β-unsaturated/α-hetero) is 1. The Morgan fingerprint density at radius 1 is 1.42 bits per heavy atom. The minimum Gasteiger partial charge on any atom is -0.291 e. The Balaban J connectivity index is 2.73. The topological polar surface area (TPSA) is 17.1 Å². The van der Waals surface area contributed by atoms with Crippen molar-refractivity contribution in [2.75, 3.05) is 6.67 Å². The number of carbonyl (C=O) groups excluding carboxylic acids is 1. The van der Waals surface area contributed by atoms with E-state index < -0.39 is 6.67 Å². The van der Waals surface area contributed by atoms with Gasteiger partial charge in [0.05, 0.1) is 0 Å². The molecular weight excluding hydrogens is 239 g/mol. The zero-order valence-corrected chi connectivity index (χ0v) is 12.6. The van der Waals surface area contributed by atoms with Gasteiger partial charge in [-0.15, -0.1) is 0 Å². The molecule has 2 rings (SSSR count). The predicted octanol–water partition coefficient (Wildman–Crippen LogP) is 4.49. The van der Waals surface area contributed by atoms with Crippen molar-refractivity contribution < 1.29 is 9.18 Å². The number of halogens is 1. The van der Waals surface area contributed by atoms with Gasteiger partial charge in [-0.05, 0) is 53.4 Å². The van der Waals surface area contributed by atoms with E-state index in [-0.39, 0.29) is 17.1 Å². The molecule has 19 heavy (non-hydrogen) atoms. The van der Waals surface area contributed by atoms with Crippen LogP contribution in [0.1, 0.15) is 72.6 Å². The molecule has 1 nitrogen and oxygen atoms in total. The number of benzene rings is 1. The van der Waals surface area contributed by atoms with Crippen LogP contribution in [0.5, 0.6) is 0 Å². The van der Waals surface area contributed by atoms with Crippen LogP contribution < -0.4 is 0 Å². The van der Waals surface area contributed by atoms with E-state index in [1.807, 2.05) is 6.92 Å². The second-order valence-corrected chi connectivity index (χ2v) is 6.59. The van der Waals surface area contributed by atoms with Crippen LogP contribution in [-0.2, 0) is 11.8 Å². The van der Waals surface area contributed by atoms with E-state index in [0.717, 1.165) is 24.0 Å². The molecule has 0 unspecified atom stereocenters. The number of carbonyl (C=O) groups is 1. The molecule has 0 bridgehead atoms. The van der Waals surface area contributed by atoms with Gasteiger partial charge in [0, 0.05) is 5.56 Å². The molecule has 0 N–H and O–H groups in total. The Bertz CT molecular complexity index is 527. The van der Waals surface area contributed by atoms with Crippen LogP contribution in [0, 0.1) is 6.92 Å². The quantitative estimate of drug-likeness (QED) is 0.733. The molecule has 0 fully saturated rings. The summed E-state index contributed by atoms with van der Waals surface area (Å²) in [5.74, 6) is -0.125. The van der Waals surface area contributed by atoms with E-state index in [1.165, 1.54) is 11.1 Å². The van der Waals surface area contributed by atoms with E-state index in [1.54, 1.807) is 0 Å². The molecule has 2 heteroatoms. The third kappa shape index (κ3) is 2.22. The Morgan fingerprint density at radius 3 is 2.58 bits per heavy atom. The largest absolute Gasteiger partial charge is 0.291 e. The summed E-state index contributed by atoms with van der Waals surface area (Å²) in [6.45, 7) is 9.71. The third-order valence-electron chi connectivity index (χ3n) is 4.49. The number of ketones is 1. The van der Waals surface area contributed by atoms with Gasteiger partial charge in [-0.2, -0.15) is 0 Å². The Hall–Kier alpha value is -1.18. The fourth-order valence-corrected chi connectivity index (χ4v) is 3.27. The predicted molar refractivity (Wildman–Crippen MR) is 76.9 cm³/mol. The molecule has 0 radical (unpaired) electrons. The average Bonchev–Trinajstić information content (AvgIpc) is 2.64. The van der Waals surface area contributed by atoms with Gasteiger partial charge in [-0.1, -0.05) is 33.8 Å². The Labute approximate surface area is 115 Å². The van der Waals surface area contributed by atoms with Gasteiger partial charge in [0.15, 0.2) is 12.5 Å². The highest BCUT2D eigenvalue weighted by molar-refractivity contribution is 6.00. The van der Waals surface area contributed by atoms with Crippen LogP contribution in [-0.4, -0.2) is 12.5 Å². The third-order valence-corrected chi connectivity index (χ3v) is 4.49. The van der Waals surface area contributed by atoms with Crippen molar-refractivity contribution >= 4 is 5.78 Å². The highest BCUT2D eigenvalue weighted by atomic mass is 19.1. The SMILES string of the molecule is Cc1c2c(cc(C(C)C)c1C(=O)CF)C(C)(C)CC2. The Morgan fingerprint density at radius 2 is 2.05 bits per heavy atom. The number of hydrogen-bond acceptors (Lipinski definition) is 1. The zero-order chi connectivity index (χ0) is 14.4. The molecule has 0 atom stereocenters. The molecule has 0 aromatic heterocycles. The Kier molecular flexibility index (Phi) is 3.55. The van der Waals surface area contributed by atoms with Gasteiger partial charge in [0.2, 0.25) is 0 Å². The van der Waals surface area contributed by atoms with Gasteiger partial charge in [-0.3, -0.25) is 4.79 Å². The standard InChI is InChI=1S/C17H23FO/c1-10(2)13-8-14-12(6-7-17(14,4)5)11(3)16(13)15(19)9-18/h8,10H,6-7,9H2,1-5H3. The molecule has 0 amide bonds. The first-order valence-electron chi connectivity index (χ1n) is 7.05. The van der Waals surface area contributed by atoms with Gasteiger partial charge < -0.3 is 0 Å². The van der Waals surface area contributed by atoms with E-state index in [9.17, 15) is 9.18 Å². The number of rotatable bonds is 3. The lowest BCUT2D eigenvalue weighted by molar-refractivity contribution is 0.0956. The van der Waals surface area contributed by atoms with Crippen LogP contribution in [0.2, 0.25) is 0 Å². The summed E-state index contributed by atoms with van der Waals surface area (Å²) < 4.78 is 12.9. The van der Waals surface area contributed by atoms with Crippen molar-refractivity contribution in [2.45, 2.75) is 58.8 Å². The summed E-state index contributed by atoms with van der Waals surface area (Å²) in [5, 5.41) is 0. The minimum atomic E-state index is -0.900. The van der Waals surface area contributed by atoms with Crippen molar-refractivity contribution in [2.24, 2.45) is 0 Å². The fraction of sp³-hybridized carbons (Fsp3) is 0.588. The normalized spacial score (nSPS) is 16.8. The first-order chi connectivity index (χ1) is 8.79. The molecule has 1 aromatic rings. The second-order valence-electron chi connectivity index (χ2n) is 6.59. The molecule has 104 valence electrons. The first kappa shape index (κ1) is 14.2. The van der Waals surface area contributed by atoms with Crippen LogP contribution >= 0.6 is 0 Å². The maximum absolute atomic E-state index is 12.9. The molecule has 0 heterocycles. The molecule has 1 aliphatic carbocycles. The molecule has 1 aliphatic rings. The lowest BCUT2D eigenvalue weighted by Crippen LogP contribution is -2.16. The average molecular weight is 262 g/mol. The molecule has 1 aromatic carbocycles. The van der Waals surface area contributed by atoms with E-state index in [2.05, 4.69) is 33.8 Å². The maximum Gasteiger partial charge on any atom is 0.194 e. The summed E-state index contributed by atoms with van der Waals surface area (Å²) in [6, 6.07) is 2.16. The highest BCUT2D eigenvalue weighted by Crippen LogP contribution is 2.43. The lowest BCUT2D eigenvalue weighted by Gasteiger charge is -2.23. The minimum absolute atomic E-state index is 0.168. The first-order valence-corrected chi connectivity index (χ1v) is 7.05. The molecule has 0 spiro atoms. The fourth-order valence-electron chi connectivity index (χ4n) is 3.27. The van der Waals surface area contributed by atoms with E-state index in [4.69, 9.17) is 0 Å². The van der Waals surface area contributed by atoms with Gasteiger partial charge in [-0.25, -0.2) is 4.39 Å². The molecule has 0 saturated heterocycles. The van der Waals surface area contributed by atoms with Crippen molar-refractivity contribution in [3.05, 3.63) is 33.9 Å². The van der Waals surface area contributed by atoms with Crippen molar-refractivity contribution in [1.29, 1.82) is 0 Å². The monoisotopic (exact) mass is 262 g/mol. The smallest absolute Gasteiger partial charge is 0.194 e. The van der Waals surface area contributed by atoms with E-state index in [0.29, 0.717) is 5.56 Å². The number of fused-ring (bicyclic) bond motifs is 1. The summed E-state index contributed by atoms with van der Waals surface area (Å²) in [5.41, 5.74) is 5.44. The molecular formula is C17H23FO. The molecule has 0 aliphatic heterocycles. The molecule has 0 saturated carbocycles.